The lowest BCUT2D eigenvalue weighted by molar-refractivity contribution is -0.137. The summed E-state index contributed by atoms with van der Waals surface area (Å²) in [5.74, 6) is -0.623. The highest BCUT2D eigenvalue weighted by atomic mass is 16.6. The summed E-state index contributed by atoms with van der Waals surface area (Å²) < 4.78 is 16.1. The Morgan fingerprint density at radius 3 is 2.48 bits per heavy atom. The van der Waals surface area contributed by atoms with Crippen molar-refractivity contribution in [3.63, 3.8) is 0 Å². The van der Waals surface area contributed by atoms with Crippen molar-refractivity contribution in [2.24, 2.45) is 0 Å². The maximum Gasteiger partial charge on any atom is 0.407 e. The number of hydrogen-bond acceptors (Lipinski definition) is 6. The smallest absolute Gasteiger partial charge is 0.407 e. The topological polar surface area (TPSA) is 94.2 Å². The molecule has 1 aliphatic heterocycles. The van der Waals surface area contributed by atoms with Crippen LogP contribution in [0.1, 0.15) is 32.1 Å². The van der Waals surface area contributed by atoms with Crippen molar-refractivity contribution < 1.29 is 28.6 Å². The maximum atomic E-state index is 11.8. The molecule has 0 fully saturated rings. The Kier molecular flexibility index (Phi) is 9.57. The number of nitrogens with one attached hydrogen (secondary N) is 1. The first-order valence-electron chi connectivity index (χ1n) is 9.45. The Morgan fingerprint density at radius 2 is 1.70 bits per heavy atom. The zero-order valence-electron chi connectivity index (χ0n) is 15.6. The molecule has 0 aromatic rings. The minimum atomic E-state index is -0.405. The molecule has 1 heterocycles. The molecule has 1 atom stereocenters. The summed E-state index contributed by atoms with van der Waals surface area (Å²) in [7, 11) is 0. The molecule has 1 N–H and O–H groups in total. The van der Waals surface area contributed by atoms with E-state index in [-0.39, 0.29) is 31.1 Å². The summed E-state index contributed by atoms with van der Waals surface area (Å²) in [5, 5.41) is 2.68. The van der Waals surface area contributed by atoms with Gasteiger partial charge in [0.05, 0.1) is 33.0 Å². The molecule has 0 bridgehead atoms. The molecule has 1 unspecified atom stereocenters. The van der Waals surface area contributed by atoms with Crippen LogP contribution in [-0.2, 0) is 23.8 Å². The van der Waals surface area contributed by atoms with Crippen LogP contribution in [0.15, 0.2) is 24.3 Å². The first-order valence-corrected chi connectivity index (χ1v) is 9.45. The number of amides is 3. The summed E-state index contributed by atoms with van der Waals surface area (Å²) in [4.78, 5) is 35.5. The largest absolute Gasteiger partial charge is 0.446 e. The highest BCUT2D eigenvalue weighted by Gasteiger charge is 2.22. The number of alkyl carbamates (subject to hydrolysis) is 1. The third kappa shape index (κ3) is 8.36. The van der Waals surface area contributed by atoms with Gasteiger partial charge in [0.1, 0.15) is 6.10 Å². The number of allylic oxidation sites excluding steroid dienone is 2. The molecule has 3 amide bonds. The first-order chi connectivity index (χ1) is 13.2. The van der Waals surface area contributed by atoms with Gasteiger partial charge >= 0.3 is 6.09 Å². The van der Waals surface area contributed by atoms with Crippen LogP contribution in [0.4, 0.5) is 4.79 Å². The molecule has 0 aromatic carbocycles. The van der Waals surface area contributed by atoms with Crippen LogP contribution >= 0.6 is 0 Å². The molecule has 8 heteroatoms. The highest BCUT2D eigenvalue weighted by molar-refractivity contribution is 6.12. The molecule has 8 nitrogen and oxygen atoms in total. The molecule has 0 saturated carbocycles. The van der Waals surface area contributed by atoms with Gasteiger partial charge < -0.3 is 19.5 Å². The fourth-order valence-electron chi connectivity index (χ4n) is 2.79. The summed E-state index contributed by atoms with van der Waals surface area (Å²) in [6.45, 7) is 1.95. The molecule has 0 saturated heterocycles. The van der Waals surface area contributed by atoms with E-state index in [4.69, 9.17) is 14.2 Å². The lowest BCUT2D eigenvalue weighted by Gasteiger charge is -2.18. The highest BCUT2D eigenvalue weighted by Crippen LogP contribution is 2.15. The van der Waals surface area contributed by atoms with Crippen LogP contribution in [-0.4, -0.2) is 68.4 Å². The maximum absolute atomic E-state index is 11.8. The van der Waals surface area contributed by atoms with Crippen molar-refractivity contribution in [3.05, 3.63) is 24.3 Å². The lowest BCUT2D eigenvalue weighted by Crippen LogP contribution is -2.33. The minimum Gasteiger partial charge on any atom is -0.446 e. The summed E-state index contributed by atoms with van der Waals surface area (Å²) in [5.41, 5.74) is 0. The van der Waals surface area contributed by atoms with Crippen LogP contribution < -0.4 is 5.32 Å². The van der Waals surface area contributed by atoms with E-state index < -0.39 is 6.09 Å². The first kappa shape index (κ1) is 21.1. The summed E-state index contributed by atoms with van der Waals surface area (Å²) in [6, 6.07) is 0. The molecular weight excluding hydrogens is 352 g/mol. The monoisotopic (exact) mass is 380 g/mol. The van der Waals surface area contributed by atoms with Gasteiger partial charge in [-0.2, -0.15) is 0 Å². The Labute approximate surface area is 159 Å². The molecule has 0 aromatic heterocycles. The minimum absolute atomic E-state index is 0.0196. The van der Waals surface area contributed by atoms with Gasteiger partial charge in [-0.05, 0) is 32.1 Å². The van der Waals surface area contributed by atoms with Crippen LogP contribution in [0.3, 0.4) is 0 Å². The van der Waals surface area contributed by atoms with Gasteiger partial charge in [0.15, 0.2) is 0 Å². The van der Waals surface area contributed by atoms with E-state index in [2.05, 4.69) is 17.5 Å². The van der Waals surface area contributed by atoms with E-state index >= 15 is 0 Å². The van der Waals surface area contributed by atoms with E-state index in [1.165, 1.54) is 12.2 Å². The van der Waals surface area contributed by atoms with Crippen molar-refractivity contribution in [3.8, 4) is 0 Å². The van der Waals surface area contributed by atoms with Gasteiger partial charge in [0.25, 0.3) is 11.8 Å². The van der Waals surface area contributed by atoms with Crippen molar-refractivity contribution >= 4 is 17.9 Å². The van der Waals surface area contributed by atoms with E-state index in [0.717, 1.165) is 37.0 Å². The Bertz CT molecular complexity index is 542. The quantitative estimate of drug-likeness (QED) is 0.351. The SMILES string of the molecule is O=C(NCCOCCOCCN1C(=O)C=CC1=O)OC1CC/C=C\CCC1. The van der Waals surface area contributed by atoms with E-state index in [1.807, 2.05) is 0 Å². The van der Waals surface area contributed by atoms with Crippen LogP contribution in [0, 0.1) is 0 Å². The number of carbonyl (C=O) groups is 3. The Morgan fingerprint density at radius 1 is 1.00 bits per heavy atom. The van der Waals surface area contributed by atoms with E-state index in [1.54, 1.807) is 0 Å². The molecular formula is C19H28N2O6. The summed E-state index contributed by atoms with van der Waals surface area (Å²) >= 11 is 0. The number of nitrogens with zero attached hydrogens (tertiary/aromatic N) is 1. The molecule has 2 aliphatic rings. The van der Waals surface area contributed by atoms with Gasteiger partial charge in [0, 0.05) is 18.7 Å². The number of imide groups is 1. The second-order valence-corrected chi connectivity index (χ2v) is 6.32. The van der Waals surface area contributed by atoms with Crippen molar-refractivity contribution in [2.45, 2.75) is 38.2 Å². The number of hydrogen-bond donors (Lipinski definition) is 1. The third-order valence-electron chi connectivity index (χ3n) is 4.24. The van der Waals surface area contributed by atoms with Crippen LogP contribution in [0.25, 0.3) is 0 Å². The zero-order chi connectivity index (χ0) is 19.3. The zero-order valence-corrected chi connectivity index (χ0v) is 15.6. The standard InChI is InChI=1S/C19H28N2O6/c22-17-8-9-18(23)21(17)11-13-26-15-14-25-12-10-20-19(24)27-16-6-4-2-1-3-5-7-16/h1-2,8-9,16H,3-7,10-15H2,(H,20,24)/b2-1-. The average Bonchev–Trinajstić information content (AvgIpc) is 2.94. The van der Waals surface area contributed by atoms with Gasteiger partial charge in [-0.15, -0.1) is 0 Å². The van der Waals surface area contributed by atoms with E-state index in [9.17, 15) is 14.4 Å². The Hall–Kier alpha value is -2.19. The fraction of sp³-hybridized carbons (Fsp3) is 0.632. The predicted molar refractivity (Wildman–Crippen MR) is 98.0 cm³/mol. The second kappa shape index (κ2) is 12.2. The third-order valence-corrected chi connectivity index (χ3v) is 4.24. The molecule has 150 valence electrons. The number of ether oxygens (including phenoxy) is 3. The van der Waals surface area contributed by atoms with Crippen LogP contribution in [0.5, 0.6) is 0 Å². The number of carbonyl (C=O) groups excluding carboxylic acids is 3. The van der Waals surface area contributed by atoms with Crippen LogP contribution in [0.2, 0.25) is 0 Å². The second-order valence-electron chi connectivity index (χ2n) is 6.32. The normalized spacial score (nSPS) is 21.0. The van der Waals surface area contributed by atoms with Gasteiger partial charge in [0.2, 0.25) is 0 Å². The molecule has 0 spiro atoms. The Balaban J connectivity index is 1.40. The molecule has 1 aliphatic carbocycles. The summed E-state index contributed by atoms with van der Waals surface area (Å²) in [6.07, 6.45) is 11.2. The predicted octanol–water partition coefficient (Wildman–Crippen LogP) is 1.56. The molecule has 0 radical (unpaired) electrons. The lowest BCUT2D eigenvalue weighted by atomic mass is 10.0. The van der Waals surface area contributed by atoms with Gasteiger partial charge in [-0.25, -0.2) is 4.79 Å². The van der Waals surface area contributed by atoms with Crippen molar-refractivity contribution in [2.75, 3.05) is 39.5 Å². The average molecular weight is 380 g/mol. The molecule has 2 rings (SSSR count). The van der Waals surface area contributed by atoms with Gasteiger partial charge in [-0.1, -0.05) is 12.2 Å². The fourth-order valence-corrected chi connectivity index (χ4v) is 2.79. The van der Waals surface area contributed by atoms with E-state index in [0.29, 0.717) is 26.4 Å². The molecule has 27 heavy (non-hydrogen) atoms. The van der Waals surface area contributed by atoms with Gasteiger partial charge in [-0.3, -0.25) is 14.5 Å². The van der Waals surface area contributed by atoms with Crippen molar-refractivity contribution in [1.29, 1.82) is 0 Å². The van der Waals surface area contributed by atoms with Crippen molar-refractivity contribution in [1.82, 2.24) is 10.2 Å². The number of rotatable bonds is 10.